The number of carbonyl (C=O) groups is 7. The third kappa shape index (κ3) is 39.4. The molecule has 0 radical (unpaired) electrons. The van der Waals surface area contributed by atoms with E-state index in [1.165, 1.54) is 50.5 Å². The second-order valence-corrected chi connectivity index (χ2v) is 9.83. The highest BCUT2D eigenvalue weighted by Gasteiger charge is 2.20. The minimum atomic E-state index is -1.23. The molecule has 0 fully saturated rings. The van der Waals surface area contributed by atoms with Crippen molar-refractivity contribution in [3.8, 4) is 0 Å². The fourth-order valence-corrected chi connectivity index (χ4v) is 3.00. The van der Waals surface area contributed by atoms with Crippen LogP contribution in [0.4, 0.5) is 0 Å². The number of aliphatic hydroxyl groups excluding tert-OH is 3. The third-order valence-corrected chi connectivity index (χ3v) is 5.54. The summed E-state index contributed by atoms with van der Waals surface area (Å²) >= 11 is 0. The number of hydrogen-bond acceptors (Lipinski definition) is 10. The fraction of sp³-hybridized carbons (Fsp3) is 0.581. The summed E-state index contributed by atoms with van der Waals surface area (Å²) in [5.41, 5.74) is 0.167. The Kier molecular flexibility index (Phi) is 35.3. The summed E-state index contributed by atoms with van der Waals surface area (Å²) in [5.74, 6) is -7.79. The zero-order chi connectivity index (χ0) is 38.1. The van der Waals surface area contributed by atoms with Crippen molar-refractivity contribution in [3.63, 3.8) is 0 Å². The van der Waals surface area contributed by atoms with Gasteiger partial charge in [0.1, 0.15) is 6.10 Å². The van der Waals surface area contributed by atoms with Crippen LogP contribution in [0.3, 0.4) is 0 Å². The van der Waals surface area contributed by atoms with E-state index in [0.29, 0.717) is 19.3 Å². The van der Waals surface area contributed by atoms with Gasteiger partial charge in [0, 0.05) is 12.8 Å². The standard InChI is InChI=1S/C12H22O4.C8H6O4.C6H10O4.C3H6O3.C2H6O2/c1-2-3-4-5-6-7-8-10(12(15)16)9-11(13)14;9-7(10)5-1-2-6(4-3-5)8(11)12;7-5(8)3-1-2-4-6(9)10;1-2(4)3(5)6;3-1-2-4/h10H,2-9H2,1H3,(H,13,14)(H,15,16);1-4H,(H,9,10)(H,11,12);1-4H2,(H,7,8)(H,9,10);2,4H,1H3,(H,5,6);3-4H,1-2H2. The van der Waals surface area contributed by atoms with Crippen LogP contribution in [0.1, 0.15) is 112 Å². The first kappa shape index (κ1) is 50.3. The highest BCUT2D eigenvalue weighted by atomic mass is 16.4. The summed E-state index contributed by atoms with van der Waals surface area (Å²) in [6.45, 7) is 3.09. The molecule has 10 N–H and O–H groups in total. The summed E-state index contributed by atoms with van der Waals surface area (Å²) in [7, 11) is 0. The van der Waals surface area contributed by atoms with E-state index in [1.807, 2.05) is 0 Å². The number of aliphatic carboxylic acids is 5. The van der Waals surface area contributed by atoms with Gasteiger partial charge in [-0.25, -0.2) is 14.4 Å². The number of aromatic carboxylic acids is 2. The first-order chi connectivity index (χ1) is 22.4. The molecule has 0 saturated heterocycles. The molecular weight excluding hydrogens is 644 g/mol. The molecule has 0 amide bonds. The highest BCUT2D eigenvalue weighted by molar-refractivity contribution is 5.91. The van der Waals surface area contributed by atoms with Gasteiger partial charge in [-0.3, -0.25) is 19.2 Å². The van der Waals surface area contributed by atoms with Gasteiger partial charge in [0.25, 0.3) is 0 Å². The summed E-state index contributed by atoms with van der Waals surface area (Å²) in [4.78, 5) is 71.1. The van der Waals surface area contributed by atoms with E-state index >= 15 is 0 Å². The van der Waals surface area contributed by atoms with Crippen molar-refractivity contribution in [1.82, 2.24) is 0 Å². The van der Waals surface area contributed by atoms with Crippen LogP contribution in [-0.2, 0) is 24.0 Å². The van der Waals surface area contributed by atoms with Crippen molar-refractivity contribution in [2.75, 3.05) is 13.2 Å². The van der Waals surface area contributed by atoms with Crippen molar-refractivity contribution in [3.05, 3.63) is 35.4 Å². The monoisotopic (exact) mass is 694 g/mol. The van der Waals surface area contributed by atoms with Crippen molar-refractivity contribution >= 4 is 41.8 Å². The van der Waals surface area contributed by atoms with Crippen molar-refractivity contribution in [1.29, 1.82) is 0 Å². The number of rotatable bonds is 19. The van der Waals surface area contributed by atoms with Crippen LogP contribution >= 0.6 is 0 Å². The highest BCUT2D eigenvalue weighted by Crippen LogP contribution is 2.15. The molecule has 0 saturated carbocycles. The fourth-order valence-electron chi connectivity index (χ4n) is 3.00. The maximum atomic E-state index is 10.7. The van der Waals surface area contributed by atoms with Gasteiger partial charge >= 0.3 is 41.8 Å². The molecule has 0 bridgehead atoms. The molecule has 0 aromatic heterocycles. The lowest BCUT2D eigenvalue weighted by atomic mass is 9.97. The van der Waals surface area contributed by atoms with Crippen LogP contribution < -0.4 is 0 Å². The predicted molar refractivity (Wildman–Crippen MR) is 169 cm³/mol. The molecule has 17 heteroatoms. The molecule has 0 aliphatic rings. The van der Waals surface area contributed by atoms with Crippen LogP contribution in [0.25, 0.3) is 0 Å². The average Bonchev–Trinajstić information content (AvgIpc) is 3.01. The molecule has 2 unspecified atom stereocenters. The Hall–Kier alpha value is -4.61. The van der Waals surface area contributed by atoms with Gasteiger partial charge in [-0.15, -0.1) is 0 Å². The Labute approximate surface area is 278 Å². The van der Waals surface area contributed by atoms with E-state index in [1.54, 1.807) is 0 Å². The SMILES string of the molecule is CC(O)C(=O)O.CCCCCCCCC(CC(=O)O)C(=O)O.O=C(O)CCCCC(=O)O.O=C(O)c1ccc(C(=O)O)cc1.OCCO. The number of hydrogen-bond donors (Lipinski definition) is 10. The molecule has 1 rings (SSSR count). The smallest absolute Gasteiger partial charge is 0.335 e. The van der Waals surface area contributed by atoms with Gasteiger partial charge in [0.2, 0.25) is 0 Å². The van der Waals surface area contributed by atoms with Gasteiger partial charge < -0.3 is 51.1 Å². The lowest BCUT2D eigenvalue weighted by Gasteiger charge is -2.09. The van der Waals surface area contributed by atoms with Crippen LogP contribution in [0.15, 0.2) is 24.3 Å². The zero-order valence-electron chi connectivity index (χ0n) is 27.2. The Morgan fingerprint density at radius 3 is 1.17 bits per heavy atom. The minimum absolute atomic E-state index is 0.0628. The van der Waals surface area contributed by atoms with E-state index in [0.717, 1.165) is 19.3 Å². The largest absolute Gasteiger partial charge is 0.481 e. The third-order valence-electron chi connectivity index (χ3n) is 5.54. The number of benzene rings is 1. The van der Waals surface area contributed by atoms with Crippen LogP contribution in [0.5, 0.6) is 0 Å². The van der Waals surface area contributed by atoms with Gasteiger partial charge in [0.15, 0.2) is 0 Å². The second-order valence-electron chi connectivity index (χ2n) is 9.83. The molecule has 48 heavy (non-hydrogen) atoms. The molecule has 1 aromatic rings. The van der Waals surface area contributed by atoms with Gasteiger partial charge in [0.05, 0.1) is 36.7 Å². The van der Waals surface area contributed by atoms with Crippen LogP contribution in [0, 0.1) is 5.92 Å². The summed E-state index contributed by atoms with van der Waals surface area (Å²) in [5, 5.41) is 81.6. The lowest BCUT2D eigenvalue weighted by Crippen LogP contribution is -2.17. The molecule has 1 aromatic carbocycles. The van der Waals surface area contributed by atoms with Crippen LogP contribution in [0.2, 0.25) is 0 Å². The first-order valence-electron chi connectivity index (χ1n) is 14.9. The van der Waals surface area contributed by atoms with Crippen molar-refractivity contribution in [2.24, 2.45) is 5.92 Å². The van der Waals surface area contributed by atoms with Crippen molar-refractivity contribution < 1.29 is 84.6 Å². The lowest BCUT2D eigenvalue weighted by molar-refractivity contribution is -0.148. The number of carboxylic acids is 7. The van der Waals surface area contributed by atoms with Crippen LogP contribution in [-0.4, -0.2) is 112 Å². The van der Waals surface area contributed by atoms with E-state index in [9.17, 15) is 33.6 Å². The average molecular weight is 695 g/mol. The number of carboxylic acid groups (broad SMARTS) is 7. The Morgan fingerprint density at radius 1 is 0.562 bits per heavy atom. The maximum absolute atomic E-state index is 10.7. The van der Waals surface area contributed by atoms with Gasteiger partial charge in [-0.1, -0.05) is 45.4 Å². The summed E-state index contributed by atoms with van der Waals surface area (Å²) < 4.78 is 0. The number of unbranched alkanes of at least 4 members (excludes halogenated alkanes) is 6. The number of aliphatic hydroxyl groups is 3. The molecular formula is C31H50O17. The Balaban J connectivity index is -0.000000270. The second kappa shape index (κ2) is 33.7. The van der Waals surface area contributed by atoms with E-state index in [2.05, 4.69) is 6.92 Å². The van der Waals surface area contributed by atoms with Crippen molar-refractivity contribution in [2.45, 2.75) is 97.0 Å². The summed E-state index contributed by atoms with van der Waals surface area (Å²) in [6, 6.07) is 5.02. The Morgan fingerprint density at radius 2 is 0.917 bits per heavy atom. The topological polar surface area (TPSA) is 322 Å². The summed E-state index contributed by atoms with van der Waals surface area (Å²) in [6.07, 6.45) is 6.54. The maximum Gasteiger partial charge on any atom is 0.335 e. The molecule has 0 aliphatic carbocycles. The Bertz CT molecular complexity index is 1000. The molecule has 0 heterocycles. The zero-order valence-corrected chi connectivity index (χ0v) is 27.2. The quantitative estimate of drug-likeness (QED) is 0.0929. The molecule has 2 atom stereocenters. The molecule has 17 nitrogen and oxygen atoms in total. The normalized spacial score (nSPS) is 10.7. The van der Waals surface area contributed by atoms with E-state index in [-0.39, 0.29) is 43.6 Å². The molecule has 276 valence electrons. The predicted octanol–water partition coefficient (Wildman–Crippen LogP) is 3.13. The van der Waals surface area contributed by atoms with Gasteiger partial charge in [-0.05, 0) is 50.5 Å². The van der Waals surface area contributed by atoms with Gasteiger partial charge in [-0.2, -0.15) is 0 Å². The first-order valence-corrected chi connectivity index (χ1v) is 14.9. The van der Waals surface area contributed by atoms with E-state index < -0.39 is 53.8 Å². The van der Waals surface area contributed by atoms with E-state index in [4.69, 9.17) is 51.1 Å². The minimum Gasteiger partial charge on any atom is -0.481 e. The molecule has 0 aliphatic heterocycles. The molecule has 0 spiro atoms.